The molecule has 0 aromatic carbocycles. The molecule has 12 heavy (non-hydrogen) atoms. The molecule has 1 aromatic heterocycles. The fourth-order valence-corrected chi connectivity index (χ4v) is 1.20. The molecule has 1 aliphatic heterocycles. The standard InChI is InChI=1S/C8H8N2O2/c1-12-7-3-2-5-6(10-7)4-9-8(5)11/h2-3H,4H2,1H3,(H,9,11). The molecule has 0 bridgehead atoms. The number of rotatable bonds is 1. The third kappa shape index (κ3) is 0.922. The molecule has 0 saturated heterocycles. The maximum Gasteiger partial charge on any atom is 0.253 e. The zero-order valence-electron chi connectivity index (χ0n) is 6.63. The van der Waals surface area contributed by atoms with E-state index in [1.807, 2.05) is 0 Å². The maximum absolute atomic E-state index is 11.1. The van der Waals surface area contributed by atoms with Crippen LogP contribution in [0.4, 0.5) is 0 Å². The van der Waals surface area contributed by atoms with Crippen LogP contribution in [0.25, 0.3) is 0 Å². The lowest BCUT2D eigenvalue weighted by Gasteiger charge is -1.99. The van der Waals surface area contributed by atoms with Gasteiger partial charge < -0.3 is 10.1 Å². The van der Waals surface area contributed by atoms with Gasteiger partial charge >= 0.3 is 0 Å². The first kappa shape index (κ1) is 7.09. The Morgan fingerprint density at radius 3 is 3.17 bits per heavy atom. The number of methoxy groups -OCH3 is 1. The average Bonchev–Trinajstić information content (AvgIpc) is 2.47. The summed E-state index contributed by atoms with van der Waals surface area (Å²) in [4.78, 5) is 15.2. The number of aromatic nitrogens is 1. The lowest BCUT2D eigenvalue weighted by atomic mass is 10.2. The van der Waals surface area contributed by atoms with Gasteiger partial charge in [0.15, 0.2) is 0 Å². The van der Waals surface area contributed by atoms with Gasteiger partial charge in [0.05, 0.1) is 24.9 Å². The van der Waals surface area contributed by atoms with Crippen molar-refractivity contribution in [1.29, 1.82) is 0 Å². The van der Waals surface area contributed by atoms with Gasteiger partial charge in [0, 0.05) is 6.07 Å². The molecule has 0 unspecified atom stereocenters. The van der Waals surface area contributed by atoms with Crippen LogP contribution in [0.1, 0.15) is 16.1 Å². The summed E-state index contributed by atoms with van der Waals surface area (Å²) in [5.74, 6) is 0.491. The Hall–Kier alpha value is -1.58. The third-order valence-electron chi connectivity index (χ3n) is 1.82. The molecule has 2 rings (SSSR count). The summed E-state index contributed by atoms with van der Waals surface area (Å²) in [6, 6.07) is 3.41. The monoisotopic (exact) mass is 164 g/mol. The van der Waals surface area contributed by atoms with Crippen molar-refractivity contribution in [2.45, 2.75) is 6.54 Å². The molecule has 62 valence electrons. The molecule has 1 N–H and O–H groups in total. The maximum atomic E-state index is 11.1. The molecule has 1 aromatic rings. The summed E-state index contributed by atoms with van der Waals surface area (Å²) in [5.41, 5.74) is 1.41. The number of nitrogens with zero attached hydrogens (tertiary/aromatic N) is 1. The quantitative estimate of drug-likeness (QED) is 0.650. The smallest absolute Gasteiger partial charge is 0.253 e. The summed E-state index contributed by atoms with van der Waals surface area (Å²) in [7, 11) is 1.55. The van der Waals surface area contributed by atoms with Gasteiger partial charge in [0.25, 0.3) is 5.91 Å². The molecule has 0 radical (unpaired) electrons. The SMILES string of the molecule is COc1ccc2c(n1)CNC2=O. The lowest BCUT2D eigenvalue weighted by molar-refractivity contribution is 0.0966. The van der Waals surface area contributed by atoms with Gasteiger partial charge in [0.2, 0.25) is 5.88 Å². The Morgan fingerprint density at radius 2 is 2.42 bits per heavy atom. The van der Waals surface area contributed by atoms with Crippen LogP contribution in [-0.2, 0) is 6.54 Å². The van der Waals surface area contributed by atoms with Gasteiger partial charge in [0.1, 0.15) is 0 Å². The highest BCUT2D eigenvalue weighted by atomic mass is 16.5. The van der Waals surface area contributed by atoms with Gasteiger partial charge in [-0.15, -0.1) is 0 Å². The predicted molar refractivity (Wildman–Crippen MR) is 42.0 cm³/mol. The van der Waals surface area contributed by atoms with Gasteiger partial charge in [-0.3, -0.25) is 4.79 Å². The Labute approximate surface area is 69.6 Å². The van der Waals surface area contributed by atoms with Crippen molar-refractivity contribution >= 4 is 5.91 Å². The van der Waals surface area contributed by atoms with Gasteiger partial charge in [-0.25, -0.2) is 4.98 Å². The van der Waals surface area contributed by atoms with Gasteiger partial charge in [-0.2, -0.15) is 0 Å². The highest BCUT2D eigenvalue weighted by Crippen LogP contribution is 2.16. The second kappa shape index (κ2) is 2.48. The van der Waals surface area contributed by atoms with E-state index in [-0.39, 0.29) is 5.91 Å². The summed E-state index contributed by atoms with van der Waals surface area (Å²) in [6.45, 7) is 0.505. The van der Waals surface area contributed by atoms with Crippen LogP contribution in [0.3, 0.4) is 0 Å². The largest absolute Gasteiger partial charge is 0.481 e. The van der Waals surface area contributed by atoms with Crippen LogP contribution >= 0.6 is 0 Å². The van der Waals surface area contributed by atoms with Crippen LogP contribution in [-0.4, -0.2) is 18.0 Å². The van der Waals surface area contributed by atoms with Crippen molar-refractivity contribution in [3.8, 4) is 5.88 Å². The number of amides is 1. The minimum atomic E-state index is -0.0554. The van der Waals surface area contributed by atoms with E-state index in [2.05, 4.69) is 10.3 Å². The van der Waals surface area contributed by atoms with E-state index >= 15 is 0 Å². The van der Waals surface area contributed by atoms with Crippen molar-refractivity contribution in [3.05, 3.63) is 23.4 Å². The normalized spacial score (nSPS) is 13.9. The van der Waals surface area contributed by atoms with E-state index < -0.39 is 0 Å². The summed E-state index contributed by atoms with van der Waals surface area (Å²) < 4.78 is 4.92. The molecule has 2 heterocycles. The molecule has 4 nitrogen and oxygen atoms in total. The van der Waals surface area contributed by atoms with E-state index in [1.54, 1.807) is 19.2 Å². The number of hydrogen-bond acceptors (Lipinski definition) is 3. The molecule has 0 atom stereocenters. The van der Waals surface area contributed by atoms with Crippen LogP contribution in [0, 0.1) is 0 Å². The molecular formula is C8H8N2O2. The molecular weight excluding hydrogens is 156 g/mol. The first-order chi connectivity index (χ1) is 5.81. The van der Waals surface area contributed by atoms with E-state index in [1.165, 1.54) is 0 Å². The molecule has 0 saturated carbocycles. The van der Waals surface area contributed by atoms with Crippen molar-refractivity contribution < 1.29 is 9.53 Å². The third-order valence-corrected chi connectivity index (χ3v) is 1.82. The Morgan fingerprint density at radius 1 is 1.58 bits per heavy atom. The molecule has 0 aliphatic carbocycles. The van der Waals surface area contributed by atoms with E-state index in [0.717, 1.165) is 5.69 Å². The molecule has 1 amide bonds. The predicted octanol–water partition coefficient (Wildman–Crippen LogP) is 0.334. The van der Waals surface area contributed by atoms with Crippen LogP contribution < -0.4 is 10.1 Å². The summed E-state index contributed by atoms with van der Waals surface area (Å²) in [5, 5.41) is 2.68. The van der Waals surface area contributed by atoms with E-state index in [9.17, 15) is 4.79 Å². The molecule has 0 spiro atoms. The first-order valence-corrected chi connectivity index (χ1v) is 3.63. The average molecular weight is 164 g/mol. The second-order valence-electron chi connectivity index (χ2n) is 2.53. The highest BCUT2D eigenvalue weighted by molar-refractivity contribution is 5.97. The van der Waals surface area contributed by atoms with Crippen molar-refractivity contribution in [3.63, 3.8) is 0 Å². The topological polar surface area (TPSA) is 51.2 Å². The van der Waals surface area contributed by atoms with Crippen molar-refractivity contribution in [1.82, 2.24) is 10.3 Å². The molecule has 0 fully saturated rings. The minimum Gasteiger partial charge on any atom is -0.481 e. The van der Waals surface area contributed by atoms with Gasteiger partial charge in [-0.1, -0.05) is 0 Å². The Bertz CT molecular complexity index is 336. The Balaban J connectivity index is 2.48. The zero-order valence-corrected chi connectivity index (χ0v) is 6.63. The molecule has 1 aliphatic rings. The number of carbonyl (C=O) groups excluding carboxylic acids is 1. The fraction of sp³-hybridized carbons (Fsp3) is 0.250. The van der Waals surface area contributed by atoms with Crippen LogP contribution in [0.5, 0.6) is 5.88 Å². The number of pyridine rings is 1. The minimum absolute atomic E-state index is 0.0554. The fourth-order valence-electron chi connectivity index (χ4n) is 1.20. The van der Waals surface area contributed by atoms with Crippen molar-refractivity contribution in [2.24, 2.45) is 0 Å². The molecule has 4 heteroatoms. The first-order valence-electron chi connectivity index (χ1n) is 3.63. The number of ether oxygens (including phenoxy) is 1. The van der Waals surface area contributed by atoms with Gasteiger partial charge in [-0.05, 0) is 6.07 Å². The van der Waals surface area contributed by atoms with E-state index in [0.29, 0.717) is 18.0 Å². The second-order valence-corrected chi connectivity index (χ2v) is 2.53. The summed E-state index contributed by atoms with van der Waals surface area (Å²) >= 11 is 0. The Kier molecular flexibility index (Phi) is 1.46. The highest BCUT2D eigenvalue weighted by Gasteiger charge is 2.19. The van der Waals surface area contributed by atoms with E-state index in [4.69, 9.17) is 4.74 Å². The number of nitrogens with one attached hydrogen (secondary N) is 1. The van der Waals surface area contributed by atoms with Crippen molar-refractivity contribution in [2.75, 3.05) is 7.11 Å². The number of fused-ring (bicyclic) bond motifs is 1. The summed E-state index contributed by atoms with van der Waals surface area (Å²) in [6.07, 6.45) is 0. The van der Waals surface area contributed by atoms with Crippen LogP contribution in [0.2, 0.25) is 0 Å². The number of hydrogen-bond donors (Lipinski definition) is 1. The zero-order chi connectivity index (χ0) is 8.55. The van der Waals surface area contributed by atoms with Crippen LogP contribution in [0.15, 0.2) is 12.1 Å². The number of carbonyl (C=O) groups is 1. The lowest BCUT2D eigenvalue weighted by Crippen LogP contribution is -2.12.